The molecular formula is C10H11BrN4S. The lowest BCUT2D eigenvalue weighted by atomic mass is 10.3. The average Bonchev–Trinajstić information content (AvgIpc) is 2.65. The second-order valence-corrected chi connectivity index (χ2v) is 5.26. The maximum Gasteiger partial charge on any atom is 0.115 e. The molecule has 0 radical (unpaired) electrons. The van der Waals surface area contributed by atoms with Crippen molar-refractivity contribution in [2.75, 3.05) is 5.73 Å². The largest absolute Gasteiger partial charge is 0.397 e. The molecule has 0 bridgehead atoms. The molecule has 0 fully saturated rings. The zero-order chi connectivity index (χ0) is 11.7. The van der Waals surface area contributed by atoms with Crippen LogP contribution in [0.2, 0.25) is 0 Å². The smallest absolute Gasteiger partial charge is 0.115 e. The number of hydrogen-bond donors (Lipinski definition) is 1. The number of aromatic nitrogens is 3. The summed E-state index contributed by atoms with van der Waals surface area (Å²) in [7, 11) is 1.89. The predicted molar refractivity (Wildman–Crippen MR) is 68.4 cm³/mol. The molecular weight excluding hydrogens is 288 g/mol. The summed E-state index contributed by atoms with van der Waals surface area (Å²) in [5, 5.41) is 5.01. The number of nitrogens with two attached hydrogens (primary N) is 1. The molecule has 6 heteroatoms. The SMILES string of the molecule is Cc1c(N)cnc(Sc2cnn(C)c2)c1Br. The lowest BCUT2D eigenvalue weighted by Crippen LogP contribution is -1.94. The van der Waals surface area contributed by atoms with Gasteiger partial charge in [-0.3, -0.25) is 4.68 Å². The number of nitrogens with zero attached hydrogens (tertiary/aromatic N) is 3. The summed E-state index contributed by atoms with van der Waals surface area (Å²) in [4.78, 5) is 5.35. The van der Waals surface area contributed by atoms with Crippen LogP contribution in [-0.4, -0.2) is 14.8 Å². The van der Waals surface area contributed by atoms with E-state index in [-0.39, 0.29) is 0 Å². The van der Waals surface area contributed by atoms with Gasteiger partial charge in [-0.2, -0.15) is 5.10 Å². The molecule has 2 aromatic rings. The van der Waals surface area contributed by atoms with Gasteiger partial charge >= 0.3 is 0 Å². The minimum absolute atomic E-state index is 0.697. The third-order valence-electron chi connectivity index (χ3n) is 2.17. The van der Waals surface area contributed by atoms with E-state index in [9.17, 15) is 0 Å². The summed E-state index contributed by atoms with van der Waals surface area (Å²) in [5.74, 6) is 0. The molecule has 0 amide bonds. The van der Waals surface area contributed by atoms with Crippen molar-refractivity contribution in [2.24, 2.45) is 7.05 Å². The van der Waals surface area contributed by atoms with Gasteiger partial charge in [0.05, 0.1) is 27.4 Å². The van der Waals surface area contributed by atoms with Crippen molar-refractivity contribution in [3.8, 4) is 0 Å². The van der Waals surface area contributed by atoms with Gasteiger partial charge in [0.1, 0.15) is 5.03 Å². The monoisotopic (exact) mass is 298 g/mol. The van der Waals surface area contributed by atoms with Crippen LogP contribution in [0.4, 0.5) is 5.69 Å². The molecule has 2 aromatic heterocycles. The normalized spacial score (nSPS) is 10.7. The highest BCUT2D eigenvalue weighted by Crippen LogP contribution is 2.34. The molecule has 2 rings (SSSR count). The minimum atomic E-state index is 0.697. The molecule has 0 aliphatic heterocycles. The van der Waals surface area contributed by atoms with E-state index in [4.69, 9.17) is 5.73 Å². The molecule has 16 heavy (non-hydrogen) atoms. The van der Waals surface area contributed by atoms with Crippen LogP contribution in [0, 0.1) is 6.92 Å². The van der Waals surface area contributed by atoms with Gasteiger partial charge < -0.3 is 5.73 Å². The minimum Gasteiger partial charge on any atom is -0.397 e. The van der Waals surface area contributed by atoms with E-state index in [0.29, 0.717) is 5.69 Å². The molecule has 4 nitrogen and oxygen atoms in total. The lowest BCUT2D eigenvalue weighted by Gasteiger charge is -2.06. The maximum absolute atomic E-state index is 5.77. The van der Waals surface area contributed by atoms with Crippen molar-refractivity contribution >= 4 is 33.4 Å². The van der Waals surface area contributed by atoms with Crippen LogP contribution in [0.15, 0.2) is 33.0 Å². The highest BCUT2D eigenvalue weighted by Gasteiger charge is 2.09. The van der Waals surface area contributed by atoms with Gasteiger partial charge in [-0.25, -0.2) is 4.98 Å². The second-order valence-electron chi connectivity index (χ2n) is 3.41. The van der Waals surface area contributed by atoms with E-state index in [1.165, 1.54) is 0 Å². The maximum atomic E-state index is 5.77. The number of aryl methyl sites for hydroxylation is 1. The summed E-state index contributed by atoms with van der Waals surface area (Å²) >= 11 is 5.07. The van der Waals surface area contributed by atoms with Crippen molar-refractivity contribution in [3.63, 3.8) is 0 Å². The predicted octanol–water partition coefficient (Wildman–Crippen LogP) is 2.62. The van der Waals surface area contributed by atoms with Gasteiger partial charge in [0.15, 0.2) is 0 Å². The van der Waals surface area contributed by atoms with E-state index < -0.39 is 0 Å². The zero-order valence-electron chi connectivity index (χ0n) is 8.94. The van der Waals surface area contributed by atoms with Gasteiger partial charge in [0.2, 0.25) is 0 Å². The van der Waals surface area contributed by atoms with Crippen molar-refractivity contribution < 1.29 is 0 Å². The molecule has 0 spiro atoms. The van der Waals surface area contributed by atoms with E-state index in [1.54, 1.807) is 22.6 Å². The van der Waals surface area contributed by atoms with Crippen molar-refractivity contribution in [1.82, 2.24) is 14.8 Å². The van der Waals surface area contributed by atoms with Crippen LogP contribution in [0.5, 0.6) is 0 Å². The Hall–Kier alpha value is -1.01. The van der Waals surface area contributed by atoms with Crippen LogP contribution in [-0.2, 0) is 7.05 Å². The Morgan fingerprint density at radius 1 is 1.44 bits per heavy atom. The Morgan fingerprint density at radius 3 is 2.81 bits per heavy atom. The fraction of sp³-hybridized carbons (Fsp3) is 0.200. The fourth-order valence-electron chi connectivity index (χ4n) is 1.20. The number of nitrogen functional groups attached to an aromatic ring is 1. The first-order valence-electron chi connectivity index (χ1n) is 4.65. The first-order chi connectivity index (χ1) is 7.58. The third-order valence-corrected chi connectivity index (χ3v) is 4.35. The van der Waals surface area contributed by atoms with Gasteiger partial charge in [-0.05, 0) is 28.4 Å². The molecule has 0 atom stereocenters. The molecule has 0 aliphatic carbocycles. The number of pyridine rings is 1. The Balaban J connectivity index is 2.32. The Kier molecular flexibility index (Phi) is 3.20. The van der Waals surface area contributed by atoms with Gasteiger partial charge in [-0.15, -0.1) is 0 Å². The molecule has 0 saturated carbocycles. The average molecular weight is 299 g/mol. The van der Waals surface area contributed by atoms with Crippen LogP contribution >= 0.6 is 27.7 Å². The van der Waals surface area contributed by atoms with Gasteiger partial charge in [-0.1, -0.05) is 11.8 Å². The molecule has 0 aliphatic rings. The summed E-state index contributed by atoms with van der Waals surface area (Å²) in [5.41, 5.74) is 7.48. The fourth-order valence-corrected chi connectivity index (χ4v) is 2.65. The van der Waals surface area contributed by atoms with Crippen molar-refractivity contribution in [1.29, 1.82) is 0 Å². The number of halogens is 1. The van der Waals surface area contributed by atoms with Gasteiger partial charge in [0, 0.05) is 13.2 Å². The summed E-state index contributed by atoms with van der Waals surface area (Å²) in [6.07, 6.45) is 5.44. The van der Waals surface area contributed by atoms with Gasteiger partial charge in [0.25, 0.3) is 0 Å². The lowest BCUT2D eigenvalue weighted by molar-refractivity contribution is 0.766. The molecule has 0 unspecified atom stereocenters. The molecule has 2 N–H and O–H groups in total. The second kappa shape index (κ2) is 4.47. The van der Waals surface area contributed by atoms with E-state index in [1.807, 2.05) is 26.4 Å². The number of hydrogen-bond acceptors (Lipinski definition) is 4. The van der Waals surface area contributed by atoms with Crippen LogP contribution in [0.3, 0.4) is 0 Å². The number of rotatable bonds is 2. The Morgan fingerprint density at radius 2 is 2.19 bits per heavy atom. The zero-order valence-corrected chi connectivity index (χ0v) is 11.3. The third kappa shape index (κ3) is 2.22. The highest BCUT2D eigenvalue weighted by molar-refractivity contribution is 9.10. The van der Waals surface area contributed by atoms with E-state index in [2.05, 4.69) is 26.0 Å². The van der Waals surface area contributed by atoms with Crippen molar-refractivity contribution in [3.05, 3.63) is 28.6 Å². The van der Waals surface area contributed by atoms with E-state index in [0.717, 1.165) is 20.0 Å². The number of anilines is 1. The van der Waals surface area contributed by atoms with Crippen LogP contribution in [0.25, 0.3) is 0 Å². The van der Waals surface area contributed by atoms with Crippen LogP contribution in [0.1, 0.15) is 5.56 Å². The first-order valence-corrected chi connectivity index (χ1v) is 6.26. The standard InChI is InChI=1S/C10H11BrN4S/c1-6-8(12)4-13-10(9(6)11)16-7-3-14-15(2)5-7/h3-5H,12H2,1-2H3. The van der Waals surface area contributed by atoms with E-state index >= 15 is 0 Å². The van der Waals surface area contributed by atoms with Crippen molar-refractivity contribution in [2.45, 2.75) is 16.8 Å². The Labute approximate surface area is 106 Å². The molecule has 0 aromatic carbocycles. The summed E-state index contributed by atoms with van der Waals surface area (Å²) < 4.78 is 2.71. The van der Waals surface area contributed by atoms with Crippen LogP contribution < -0.4 is 5.73 Å². The summed E-state index contributed by atoms with van der Waals surface area (Å²) in [6.45, 7) is 1.97. The molecule has 0 saturated heterocycles. The quantitative estimate of drug-likeness (QED) is 0.926. The first kappa shape index (κ1) is 11.5. The topological polar surface area (TPSA) is 56.7 Å². The summed E-state index contributed by atoms with van der Waals surface area (Å²) in [6, 6.07) is 0. The highest BCUT2D eigenvalue weighted by atomic mass is 79.9. The Bertz CT molecular complexity index is 524. The molecule has 84 valence electrons. The molecule has 2 heterocycles.